The summed E-state index contributed by atoms with van der Waals surface area (Å²) in [6, 6.07) is 62.6. The minimum Gasteiger partial charge on any atom is -0.208 e. The number of hydrogen-bond acceptors (Lipinski definition) is 3. The van der Waals surface area contributed by atoms with E-state index in [9.17, 15) is 0 Å². The van der Waals surface area contributed by atoms with Crippen LogP contribution in [-0.2, 0) is 5.41 Å². The van der Waals surface area contributed by atoms with Gasteiger partial charge in [-0.15, -0.1) is 0 Å². The third kappa shape index (κ3) is 4.06. The van der Waals surface area contributed by atoms with Gasteiger partial charge in [-0.3, -0.25) is 0 Å². The van der Waals surface area contributed by atoms with E-state index in [1.165, 1.54) is 55.6 Å². The van der Waals surface area contributed by atoms with Crippen LogP contribution >= 0.6 is 0 Å². The smallest absolute Gasteiger partial charge is 0.164 e. The lowest BCUT2D eigenvalue weighted by Crippen LogP contribution is -2.27. The molecular weight excluding hydrogens is 595 g/mol. The van der Waals surface area contributed by atoms with Gasteiger partial charge in [-0.2, -0.15) is 0 Å². The SMILES string of the molecule is c1ccc(-c2ccc3c(c2)C2(c4ccccc4-3)c3ccccc3-c3cccc(-c4nc(-c5ccccc5)nc(-c5ccccc5)n4)c32)cc1. The van der Waals surface area contributed by atoms with Crippen molar-refractivity contribution >= 4 is 0 Å². The second-order valence-electron chi connectivity index (χ2n) is 12.7. The van der Waals surface area contributed by atoms with Crippen molar-refractivity contribution in [3.8, 4) is 67.5 Å². The maximum Gasteiger partial charge on any atom is 0.164 e. The van der Waals surface area contributed by atoms with Crippen LogP contribution in [0.25, 0.3) is 67.5 Å². The van der Waals surface area contributed by atoms with E-state index in [4.69, 9.17) is 15.0 Å². The molecule has 0 fully saturated rings. The van der Waals surface area contributed by atoms with Crippen molar-refractivity contribution in [2.75, 3.05) is 0 Å². The summed E-state index contributed by atoms with van der Waals surface area (Å²) in [6.07, 6.45) is 0. The zero-order valence-electron chi connectivity index (χ0n) is 26.6. The Morgan fingerprint density at radius 2 is 0.735 bits per heavy atom. The molecule has 3 nitrogen and oxygen atoms in total. The molecule has 2 aliphatic rings. The summed E-state index contributed by atoms with van der Waals surface area (Å²) < 4.78 is 0. The van der Waals surface area contributed by atoms with Gasteiger partial charge in [-0.25, -0.2) is 15.0 Å². The number of nitrogens with zero attached hydrogens (tertiary/aromatic N) is 3. The summed E-state index contributed by atoms with van der Waals surface area (Å²) in [5, 5.41) is 0. The van der Waals surface area contributed by atoms with Crippen LogP contribution in [0.4, 0.5) is 0 Å². The lowest BCUT2D eigenvalue weighted by Gasteiger charge is -2.32. The molecule has 0 N–H and O–H groups in total. The van der Waals surface area contributed by atoms with Gasteiger partial charge in [0.2, 0.25) is 0 Å². The molecule has 2 aliphatic carbocycles. The Morgan fingerprint density at radius 1 is 0.286 bits per heavy atom. The number of rotatable bonds is 4. The second kappa shape index (κ2) is 10.8. The van der Waals surface area contributed by atoms with Crippen LogP contribution in [0.5, 0.6) is 0 Å². The third-order valence-corrected chi connectivity index (χ3v) is 10.2. The molecule has 228 valence electrons. The van der Waals surface area contributed by atoms with E-state index in [0.29, 0.717) is 17.5 Å². The van der Waals surface area contributed by atoms with Crippen molar-refractivity contribution in [2.24, 2.45) is 0 Å². The normalized spacial score (nSPS) is 15.0. The zero-order valence-corrected chi connectivity index (χ0v) is 26.6. The molecule has 0 saturated carbocycles. The van der Waals surface area contributed by atoms with Crippen LogP contribution in [0, 0.1) is 0 Å². The molecule has 10 rings (SSSR count). The van der Waals surface area contributed by atoms with E-state index in [0.717, 1.165) is 16.7 Å². The highest BCUT2D eigenvalue weighted by atomic mass is 15.0. The fourth-order valence-electron chi connectivity index (χ4n) is 8.12. The quantitative estimate of drug-likeness (QED) is 0.196. The minimum atomic E-state index is -0.564. The first-order chi connectivity index (χ1) is 24.3. The standard InChI is InChI=1S/C46H29N3/c1-4-15-30(16-5-1)33-27-28-36-34-21-10-12-25-39(34)46(41(36)29-33)40-26-13-11-22-35(40)37-23-14-24-38(42(37)46)45-48-43(31-17-6-2-7-18-31)47-44(49-45)32-19-8-3-9-20-32/h1-29H. The number of fused-ring (bicyclic) bond motifs is 10. The van der Waals surface area contributed by atoms with E-state index in [2.05, 4.69) is 140 Å². The average Bonchev–Trinajstić information content (AvgIpc) is 3.66. The number of aromatic nitrogens is 3. The molecule has 1 aromatic heterocycles. The molecule has 1 unspecified atom stereocenters. The van der Waals surface area contributed by atoms with Crippen molar-refractivity contribution < 1.29 is 0 Å². The van der Waals surface area contributed by atoms with Crippen LogP contribution in [0.2, 0.25) is 0 Å². The number of benzene rings is 7. The molecule has 1 atom stereocenters. The molecule has 0 amide bonds. The van der Waals surface area contributed by atoms with E-state index in [-0.39, 0.29) is 0 Å². The van der Waals surface area contributed by atoms with E-state index in [1.54, 1.807) is 0 Å². The summed E-state index contributed by atoms with van der Waals surface area (Å²) in [7, 11) is 0. The summed E-state index contributed by atoms with van der Waals surface area (Å²) in [6.45, 7) is 0. The van der Waals surface area contributed by atoms with Gasteiger partial charge in [-0.05, 0) is 61.7 Å². The molecule has 0 radical (unpaired) electrons. The van der Waals surface area contributed by atoms with Crippen LogP contribution in [0.15, 0.2) is 176 Å². The highest BCUT2D eigenvalue weighted by Gasteiger charge is 2.53. The van der Waals surface area contributed by atoms with Gasteiger partial charge in [0.1, 0.15) is 0 Å². The Morgan fingerprint density at radius 3 is 1.35 bits per heavy atom. The van der Waals surface area contributed by atoms with E-state index in [1.807, 2.05) is 36.4 Å². The fourth-order valence-corrected chi connectivity index (χ4v) is 8.12. The Bertz CT molecular complexity index is 2470. The summed E-state index contributed by atoms with van der Waals surface area (Å²) >= 11 is 0. The molecule has 0 aliphatic heterocycles. The zero-order chi connectivity index (χ0) is 32.4. The first kappa shape index (κ1) is 27.6. The average molecular weight is 624 g/mol. The predicted molar refractivity (Wildman–Crippen MR) is 198 cm³/mol. The maximum atomic E-state index is 5.25. The van der Waals surface area contributed by atoms with Gasteiger partial charge < -0.3 is 0 Å². The van der Waals surface area contributed by atoms with Gasteiger partial charge in [0.05, 0.1) is 5.41 Å². The van der Waals surface area contributed by atoms with Crippen molar-refractivity contribution in [1.82, 2.24) is 15.0 Å². The van der Waals surface area contributed by atoms with Crippen LogP contribution in [-0.4, -0.2) is 15.0 Å². The Hall–Kier alpha value is -6.45. The van der Waals surface area contributed by atoms with Crippen molar-refractivity contribution in [3.05, 3.63) is 198 Å². The molecule has 7 aromatic carbocycles. The van der Waals surface area contributed by atoms with Crippen LogP contribution < -0.4 is 0 Å². The molecule has 0 bridgehead atoms. The Labute approximate surface area is 285 Å². The maximum absolute atomic E-state index is 5.25. The van der Waals surface area contributed by atoms with Gasteiger partial charge >= 0.3 is 0 Å². The molecule has 8 aromatic rings. The minimum absolute atomic E-state index is 0.564. The highest BCUT2D eigenvalue weighted by molar-refractivity contribution is 5.99. The van der Waals surface area contributed by atoms with Gasteiger partial charge in [0, 0.05) is 16.7 Å². The Kier molecular flexibility index (Phi) is 6.09. The lowest BCUT2D eigenvalue weighted by atomic mass is 9.69. The van der Waals surface area contributed by atoms with Crippen molar-refractivity contribution in [2.45, 2.75) is 5.41 Å². The van der Waals surface area contributed by atoms with Gasteiger partial charge in [-0.1, -0.05) is 170 Å². The van der Waals surface area contributed by atoms with Crippen LogP contribution in [0.3, 0.4) is 0 Å². The number of hydrogen-bond donors (Lipinski definition) is 0. The lowest BCUT2D eigenvalue weighted by molar-refractivity contribution is 0.794. The second-order valence-corrected chi connectivity index (χ2v) is 12.7. The predicted octanol–water partition coefficient (Wildman–Crippen LogP) is 10.9. The highest BCUT2D eigenvalue weighted by Crippen LogP contribution is 2.64. The topological polar surface area (TPSA) is 38.7 Å². The van der Waals surface area contributed by atoms with Gasteiger partial charge in [0.25, 0.3) is 0 Å². The van der Waals surface area contributed by atoms with Crippen LogP contribution in [0.1, 0.15) is 22.3 Å². The van der Waals surface area contributed by atoms with E-state index >= 15 is 0 Å². The largest absolute Gasteiger partial charge is 0.208 e. The Balaban J connectivity index is 1.31. The van der Waals surface area contributed by atoms with Crippen molar-refractivity contribution in [1.29, 1.82) is 0 Å². The molecule has 1 spiro atoms. The molecular formula is C46H29N3. The molecule has 3 heteroatoms. The van der Waals surface area contributed by atoms with Crippen molar-refractivity contribution in [3.63, 3.8) is 0 Å². The first-order valence-electron chi connectivity index (χ1n) is 16.7. The fraction of sp³-hybridized carbons (Fsp3) is 0.0217. The first-order valence-corrected chi connectivity index (χ1v) is 16.7. The monoisotopic (exact) mass is 623 g/mol. The van der Waals surface area contributed by atoms with Gasteiger partial charge in [0.15, 0.2) is 17.5 Å². The molecule has 49 heavy (non-hydrogen) atoms. The summed E-state index contributed by atoms with van der Waals surface area (Å²) in [4.78, 5) is 15.5. The summed E-state index contributed by atoms with van der Waals surface area (Å²) in [5.74, 6) is 1.98. The molecule has 0 saturated heterocycles. The van der Waals surface area contributed by atoms with E-state index < -0.39 is 5.41 Å². The molecule has 1 heterocycles. The third-order valence-electron chi connectivity index (χ3n) is 10.2. The summed E-state index contributed by atoms with van der Waals surface area (Å²) in [5.41, 5.74) is 14.8.